The van der Waals surface area contributed by atoms with Crippen LogP contribution in [0.3, 0.4) is 0 Å². The Kier molecular flexibility index (Phi) is 5.76. The number of para-hydroxylation sites is 1. The number of carbonyl (C=O) groups is 1. The first-order valence-electron chi connectivity index (χ1n) is 12.1. The number of amides is 1. The first-order chi connectivity index (χ1) is 17.8. The molecule has 0 bridgehead atoms. The standard InChI is InChI=1S/C32H25N3O/c36-32(19-25-13-7-11-23-9-1-3-15-28(23)25)34-33-20-27-22-35(31-18-6-5-17-30(27)31)21-26-14-8-12-24-10-2-4-16-29(24)26/h1-18,20,22H,19,21H2,(H,34,36). The van der Waals surface area contributed by atoms with Crippen molar-refractivity contribution in [2.24, 2.45) is 5.10 Å². The van der Waals surface area contributed by atoms with Crippen molar-refractivity contribution in [2.75, 3.05) is 0 Å². The molecule has 0 fully saturated rings. The molecule has 36 heavy (non-hydrogen) atoms. The molecule has 1 N–H and O–H groups in total. The molecule has 1 heterocycles. The second kappa shape index (κ2) is 9.51. The fourth-order valence-corrected chi connectivity index (χ4v) is 4.96. The lowest BCUT2D eigenvalue weighted by Gasteiger charge is -2.09. The van der Waals surface area contributed by atoms with E-state index in [0.717, 1.165) is 39.3 Å². The molecule has 6 aromatic rings. The zero-order chi connectivity index (χ0) is 24.3. The van der Waals surface area contributed by atoms with E-state index in [4.69, 9.17) is 0 Å². The molecule has 0 spiro atoms. The molecule has 6 rings (SSSR count). The maximum Gasteiger partial charge on any atom is 0.244 e. The average Bonchev–Trinajstić information content (AvgIpc) is 3.26. The van der Waals surface area contributed by atoms with Crippen molar-refractivity contribution in [3.8, 4) is 0 Å². The summed E-state index contributed by atoms with van der Waals surface area (Å²) in [7, 11) is 0. The summed E-state index contributed by atoms with van der Waals surface area (Å²) in [6, 6.07) is 37.3. The number of fused-ring (bicyclic) bond motifs is 3. The number of aromatic nitrogens is 1. The topological polar surface area (TPSA) is 46.4 Å². The van der Waals surface area contributed by atoms with Gasteiger partial charge in [0.25, 0.3) is 0 Å². The van der Waals surface area contributed by atoms with Crippen LogP contribution in [-0.4, -0.2) is 16.7 Å². The van der Waals surface area contributed by atoms with E-state index in [1.165, 1.54) is 16.3 Å². The van der Waals surface area contributed by atoms with E-state index >= 15 is 0 Å². The van der Waals surface area contributed by atoms with Crippen molar-refractivity contribution in [3.05, 3.63) is 132 Å². The van der Waals surface area contributed by atoms with Crippen LogP contribution in [0.2, 0.25) is 0 Å². The Balaban J connectivity index is 1.23. The molecule has 4 heteroatoms. The molecule has 5 aromatic carbocycles. The molecule has 0 aliphatic rings. The van der Waals surface area contributed by atoms with Crippen LogP contribution < -0.4 is 5.43 Å². The van der Waals surface area contributed by atoms with Crippen LogP contribution in [0.4, 0.5) is 0 Å². The second-order valence-electron chi connectivity index (χ2n) is 8.98. The summed E-state index contributed by atoms with van der Waals surface area (Å²) >= 11 is 0. The molecule has 0 atom stereocenters. The number of nitrogens with zero attached hydrogens (tertiary/aromatic N) is 2. The highest BCUT2D eigenvalue weighted by Crippen LogP contribution is 2.24. The van der Waals surface area contributed by atoms with Gasteiger partial charge in [0, 0.05) is 29.2 Å². The van der Waals surface area contributed by atoms with Gasteiger partial charge in [0.05, 0.1) is 12.6 Å². The highest BCUT2D eigenvalue weighted by Gasteiger charge is 2.10. The largest absolute Gasteiger partial charge is 0.342 e. The highest BCUT2D eigenvalue weighted by molar-refractivity contribution is 6.00. The number of hydrogen-bond donors (Lipinski definition) is 1. The maximum atomic E-state index is 12.7. The van der Waals surface area contributed by atoms with Gasteiger partial charge in [-0.2, -0.15) is 5.10 Å². The minimum absolute atomic E-state index is 0.137. The molecule has 0 radical (unpaired) electrons. The predicted octanol–water partition coefficient (Wildman–Crippen LogP) is 6.69. The fourth-order valence-electron chi connectivity index (χ4n) is 4.96. The van der Waals surface area contributed by atoms with Crippen LogP contribution in [-0.2, 0) is 17.8 Å². The summed E-state index contributed by atoms with van der Waals surface area (Å²) in [6.45, 7) is 0.753. The Hall–Kier alpha value is -4.70. The Morgan fingerprint density at radius 3 is 2.03 bits per heavy atom. The summed E-state index contributed by atoms with van der Waals surface area (Å²) in [5.41, 5.74) is 7.07. The van der Waals surface area contributed by atoms with Crippen LogP contribution in [0, 0.1) is 0 Å². The van der Waals surface area contributed by atoms with Gasteiger partial charge >= 0.3 is 0 Å². The van der Waals surface area contributed by atoms with Crippen molar-refractivity contribution in [1.82, 2.24) is 9.99 Å². The van der Waals surface area contributed by atoms with Gasteiger partial charge in [-0.25, -0.2) is 5.43 Å². The fraction of sp³-hybridized carbons (Fsp3) is 0.0625. The van der Waals surface area contributed by atoms with Crippen molar-refractivity contribution >= 4 is 44.6 Å². The molecule has 0 saturated heterocycles. The summed E-state index contributed by atoms with van der Waals surface area (Å²) in [6.07, 6.45) is 4.12. The quantitative estimate of drug-likeness (QED) is 0.215. The summed E-state index contributed by atoms with van der Waals surface area (Å²) in [5, 5.41) is 10.1. The predicted molar refractivity (Wildman–Crippen MR) is 148 cm³/mol. The van der Waals surface area contributed by atoms with E-state index in [2.05, 4.69) is 94.1 Å². The van der Waals surface area contributed by atoms with Crippen molar-refractivity contribution in [1.29, 1.82) is 0 Å². The van der Waals surface area contributed by atoms with Crippen LogP contribution in [0.5, 0.6) is 0 Å². The Labute approximate surface area is 209 Å². The Bertz CT molecular complexity index is 1730. The van der Waals surface area contributed by atoms with Gasteiger partial charge in [-0.15, -0.1) is 0 Å². The molecule has 0 aliphatic heterocycles. The number of hydrogen-bond acceptors (Lipinski definition) is 2. The first kappa shape index (κ1) is 21.8. The van der Waals surface area contributed by atoms with Crippen LogP contribution in [0.25, 0.3) is 32.4 Å². The smallest absolute Gasteiger partial charge is 0.244 e. The first-order valence-corrected chi connectivity index (χ1v) is 12.1. The minimum Gasteiger partial charge on any atom is -0.342 e. The summed E-state index contributed by atoms with van der Waals surface area (Å²) < 4.78 is 2.25. The zero-order valence-corrected chi connectivity index (χ0v) is 19.8. The van der Waals surface area contributed by atoms with Crippen molar-refractivity contribution in [2.45, 2.75) is 13.0 Å². The van der Waals surface area contributed by atoms with E-state index in [-0.39, 0.29) is 12.3 Å². The third-order valence-electron chi connectivity index (χ3n) is 6.66. The van der Waals surface area contributed by atoms with Gasteiger partial charge in [-0.05, 0) is 38.7 Å². The molecule has 0 unspecified atom stereocenters. The molecule has 0 saturated carbocycles. The van der Waals surface area contributed by atoms with Crippen molar-refractivity contribution < 1.29 is 4.79 Å². The van der Waals surface area contributed by atoms with Gasteiger partial charge in [-0.3, -0.25) is 4.79 Å². The van der Waals surface area contributed by atoms with Crippen LogP contribution in [0.1, 0.15) is 16.7 Å². The maximum absolute atomic E-state index is 12.7. The van der Waals surface area contributed by atoms with Crippen LogP contribution >= 0.6 is 0 Å². The number of hydrazone groups is 1. The van der Waals surface area contributed by atoms with Gasteiger partial charge in [0.15, 0.2) is 0 Å². The van der Waals surface area contributed by atoms with E-state index < -0.39 is 0 Å². The Morgan fingerprint density at radius 1 is 0.694 bits per heavy atom. The van der Waals surface area contributed by atoms with Gasteiger partial charge in [-0.1, -0.05) is 103 Å². The van der Waals surface area contributed by atoms with E-state index in [1.54, 1.807) is 6.21 Å². The molecule has 1 aromatic heterocycles. The number of carbonyl (C=O) groups excluding carboxylic acids is 1. The minimum atomic E-state index is -0.137. The molecule has 0 aliphatic carbocycles. The number of rotatable bonds is 6. The lowest BCUT2D eigenvalue weighted by Crippen LogP contribution is -2.19. The summed E-state index contributed by atoms with van der Waals surface area (Å²) in [5.74, 6) is -0.137. The molecular formula is C32H25N3O. The number of benzene rings is 5. The van der Waals surface area contributed by atoms with Crippen LogP contribution in [0.15, 0.2) is 120 Å². The lowest BCUT2D eigenvalue weighted by atomic mass is 10.0. The van der Waals surface area contributed by atoms with Crippen molar-refractivity contribution in [3.63, 3.8) is 0 Å². The van der Waals surface area contributed by atoms with Gasteiger partial charge in [0.2, 0.25) is 5.91 Å². The van der Waals surface area contributed by atoms with E-state index in [1.807, 2.05) is 36.4 Å². The normalized spacial score (nSPS) is 11.6. The van der Waals surface area contributed by atoms with Gasteiger partial charge in [0.1, 0.15) is 0 Å². The average molecular weight is 468 g/mol. The molecule has 174 valence electrons. The zero-order valence-electron chi connectivity index (χ0n) is 19.8. The molecule has 4 nitrogen and oxygen atoms in total. The second-order valence-corrected chi connectivity index (χ2v) is 8.98. The van der Waals surface area contributed by atoms with E-state index in [9.17, 15) is 4.79 Å². The highest BCUT2D eigenvalue weighted by atomic mass is 16.2. The van der Waals surface area contributed by atoms with E-state index in [0.29, 0.717) is 0 Å². The summed E-state index contributed by atoms with van der Waals surface area (Å²) in [4.78, 5) is 12.7. The third kappa shape index (κ3) is 4.25. The lowest BCUT2D eigenvalue weighted by molar-refractivity contribution is -0.120. The SMILES string of the molecule is O=C(Cc1cccc2ccccc12)NN=Cc1cn(Cc2cccc3ccccc23)c2ccccc12. The van der Waals surface area contributed by atoms with Gasteiger partial charge < -0.3 is 4.57 Å². The monoisotopic (exact) mass is 467 g/mol. The number of nitrogens with one attached hydrogen (secondary N) is 1. The Morgan fingerprint density at radius 2 is 1.28 bits per heavy atom. The molecule has 1 amide bonds. The molecular weight excluding hydrogens is 442 g/mol. The third-order valence-corrected chi connectivity index (χ3v) is 6.66.